The Bertz CT molecular complexity index is 748. The Morgan fingerprint density at radius 3 is 2.80 bits per heavy atom. The molecule has 104 valence electrons. The highest BCUT2D eigenvalue weighted by molar-refractivity contribution is 7.89. The van der Waals surface area contributed by atoms with Crippen LogP contribution in [-0.2, 0) is 10.0 Å². The van der Waals surface area contributed by atoms with Gasteiger partial charge in [0.05, 0.1) is 23.4 Å². The molecule has 8 nitrogen and oxygen atoms in total. The fraction of sp³-hybridized carbons (Fsp3) is 0.182. The molecule has 0 aliphatic rings. The molecular formula is C11H12N6O2S. The predicted octanol–water partition coefficient (Wildman–Crippen LogP) is 0.298. The van der Waals surface area contributed by atoms with E-state index in [9.17, 15) is 8.42 Å². The number of nitrogens with two attached hydrogens (primary N) is 1. The van der Waals surface area contributed by atoms with Crippen molar-refractivity contribution in [2.24, 2.45) is 0 Å². The second kappa shape index (κ2) is 5.28. The Balaban J connectivity index is 2.29. The third-order valence-corrected chi connectivity index (χ3v) is 4.22. The van der Waals surface area contributed by atoms with E-state index < -0.39 is 16.1 Å². The van der Waals surface area contributed by atoms with Crippen molar-refractivity contribution in [2.75, 3.05) is 5.73 Å². The smallest absolute Gasteiger partial charge is 0.243 e. The largest absolute Gasteiger partial charge is 0.398 e. The van der Waals surface area contributed by atoms with Gasteiger partial charge in [-0.3, -0.25) is 5.10 Å². The SMILES string of the molecule is CC(NS(=O)(=O)c1ccc(C#N)cc1N)c1ncn[nH]1. The van der Waals surface area contributed by atoms with Gasteiger partial charge in [-0.05, 0) is 25.1 Å². The average Bonchev–Trinajstić information content (AvgIpc) is 2.91. The number of nitriles is 1. The van der Waals surface area contributed by atoms with Crippen LogP contribution in [0.25, 0.3) is 0 Å². The summed E-state index contributed by atoms with van der Waals surface area (Å²) in [5.41, 5.74) is 5.98. The van der Waals surface area contributed by atoms with Crippen LogP contribution in [0, 0.1) is 11.3 Å². The number of nitrogen functional groups attached to an aromatic ring is 1. The van der Waals surface area contributed by atoms with Crippen molar-refractivity contribution in [3.63, 3.8) is 0 Å². The molecule has 2 rings (SSSR count). The van der Waals surface area contributed by atoms with Crippen molar-refractivity contribution in [3.05, 3.63) is 35.9 Å². The zero-order valence-electron chi connectivity index (χ0n) is 10.5. The van der Waals surface area contributed by atoms with Gasteiger partial charge in [0.15, 0.2) is 0 Å². The Labute approximate surface area is 115 Å². The topological polar surface area (TPSA) is 138 Å². The molecule has 0 aliphatic heterocycles. The third kappa shape index (κ3) is 2.76. The lowest BCUT2D eigenvalue weighted by atomic mass is 10.2. The molecule has 1 aromatic heterocycles. The molecule has 1 heterocycles. The lowest BCUT2D eigenvalue weighted by Gasteiger charge is -2.13. The summed E-state index contributed by atoms with van der Waals surface area (Å²) < 4.78 is 26.9. The summed E-state index contributed by atoms with van der Waals surface area (Å²) in [6, 6.07) is 5.31. The Morgan fingerprint density at radius 1 is 1.50 bits per heavy atom. The maximum absolute atomic E-state index is 12.2. The van der Waals surface area contributed by atoms with Crippen LogP contribution in [0.4, 0.5) is 5.69 Å². The number of hydrogen-bond donors (Lipinski definition) is 3. The number of H-pyrrole nitrogens is 1. The van der Waals surface area contributed by atoms with Crippen molar-refractivity contribution in [1.29, 1.82) is 5.26 Å². The number of nitrogens with one attached hydrogen (secondary N) is 2. The first-order valence-electron chi connectivity index (χ1n) is 5.61. The molecule has 9 heteroatoms. The number of nitrogens with zero attached hydrogens (tertiary/aromatic N) is 3. The number of anilines is 1. The van der Waals surface area contributed by atoms with E-state index in [0.717, 1.165) is 0 Å². The van der Waals surface area contributed by atoms with Gasteiger partial charge in [-0.2, -0.15) is 10.4 Å². The van der Waals surface area contributed by atoms with Crippen LogP contribution in [-0.4, -0.2) is 23.6 Å². The summed E-state index contributed by atoms with van der Waals surface area (Å²) >= 11 is 0. The molecule has 0 bridgehead atoms. The lowest BCUT2D eigenvalue weighted by Crippen LogP contribution is -2.28. The zero-order valence-corrected chi connectivity index (χ0v) is 11.3. The standard InChI is InChI=1S/C11H12N6O2S/c1-7(11-14-6-15-16-11)17-20(18,19)10-3-2-8(5-12)4-9(10)13/h2-4,6-7,17H,13H2,1H3,(H,14,15,16). The predicted molar refractivity (Wildman–Crippen MR) is 70.7 cm³/mol. The minimum absolute atomic E-state index is 0.0151. The summed E-state index contributed by atoms with van der Waals surface area (Å²) in [5, 5.41) is 15.0. The monoisotopic (exact) mass is 292 g/mol. The van der Waals surface area contributed by atoms with Crippen molar-refractivity contribution < 1.29 is 8.42 Å². The molecule has 4 N–H and O–H groups in total. The summed E-state index contributed by atoms with van der Waals surface area (Å²) in [7, 11) is -3.81. The van der Waals surface area contributed by atoms with Crippen LogP contribution < -0.4 is 10.5 Å². The number of aromatic amines is 1. The maximum atomic E-state index is 12.2. The first kappa shape index (κ1) is 14.0. The van der Waals surface area contributed by atoms with Gasteiger partial charge >= 0.3 is 0 Å². The summed E-state index contributed by atoms with van der Waals surface area (Å²) in [4.78, 5) is 3.80. The highest BCUT2D eigenvalue weighted by Gasteiger charge is 2.22. The van der Waals surface area contributed by atoms with Gasteiger partial charge in [0, 0.05) is 0 Å². The van der Waals surface area contributed by atoms with Gasteiger partial charge in [-0.25, -0.2) is 18.1 Å². The van der Waals surface area contributed by atoms with E-state index in [4.69, 9.17) is 11.0 Å². The highest BCUT2D eigenvalue weighted by atomic mass is 32.2. The number of aromatic nitrogens is 3. The maximum Gasteiger partial charge on any atom is 0.243 e. The number of rotatable bonds is 4. The number of hydrogen-bond acceptors (Lipinski definition) is 6. The van der Waals surface area contributed by atoms with E-state index in [-0.39, 0.29) is 10.6 Å². The minimum Gasteiger partial charge on any atom is -0.398 e. The van der Waals surface area contributed by atoms with Crippen molar-refractivity contribution >= 4 is 15.7 Å². The Hall–Kier alpha value is -2.44. The lowest BCUT2D eigenvalue weighted by molar-refractivity contribution is 0.560. The van der Waals surface area contributed by atoms with Crippen LogP contribution in [0.5, 0.6) is 0 Å². The Morgan fingerprint density at radius 2 is 2.25 bits per heavy atom. The Kier molecular flexibility index (Phi) is 3.69. The normalized spacial score (nSPS) is 12.8. The van der Waals surface area contributed by atoms with E-state index in [1.807, 2.05) is 6.07 Å². The molecule has 0 spiro atoms. The van der Waals surface area contributed by atoms with Crippen molar-refractivity contribution in [2.45, 2.75) is 17.9 Å². The molecule has 0 amide bonds. The third-order valence-electron chi connectivity index (χ3n) is 2.60. The molecule has 0 radical (unpaired) electrons. The number of benzene rings is 1. The molecule has 0 saturated heterocycles. The molecular weight excluding hydrogens is 280 g/mol. The summed E-state index contributed by atoms with van der Waals surface area (Å²) in [6.07, 6.45) is 1.29. The van der Waals surface area contributed by atoms with Crippen LogP contribution in [0.2, 0.25) is 0 Å². The van der Waals surface area contributed by atoms with Gasteiger partial charge < -0.3 is 5.73 Å². The minimum atomic E-state index is -3.81. The molecule has 2 aromatic rings. The van der Waals surface area contributed by atoms with Gasteiger partial charge in [0.2, 0.25) is 10.0 Å². The second-order valence-corrected chi connectivity index (χ2v) is 5.76. The van der Waals surface area contributed by atoms with E-state index in [0.29, 0.717) is 11.4 Å². The summed E-state index contributed by atoms with van der Waals surface area (Å²) in [5.74, 6) is 0.390. The quantitative estimate of drug-likeness (QED) is 0.693. The van der Waals surface area contributed by atoms with Crippen molar-refractivity contribution in [1.82, 2.24) is 19.9 Å². The highest BCUT2D eigenvalue weighted by Crippen LogP contribution is 2.21. The molecule has 0 saturated carbocycles. The molecule has 0 aliphatic carbocycles. The van der Waals surface area contributed by atoms with Gasteiger partial charge in [0.25, 0.3) is 0 Å². The van der Waals surface area contributed by atoms with Gasteiger partial charge in [0.1, 0.15) is 17.0 Å². The van der Waals surface area contributed by atoms with Gasteiger partial charge in [-0.15, -0.1) is 0 Å². The first-order chi connectivity index (χ1) is 9.44. The molecule has 1 aromatic carbocycles. The summed E-state index contributed by atoms with van der Waals surface area (Å²) in [6.45, 7) is 1.62. The molecule has 20 heavy (non-hydrogen) atoms. The molecule has 0 fully saturated rings. The van der Waals surface area contributed by atoms with E-state index in [1.165, 1.54) is 24.5 Å². The second-order valence-electron chi connectivity index (χ2n) is 4.08. The molecule has 1 atom stereocenters. The first-order valence-corrected chi connectivity index (χ1v) is 7.09. The van der Waals surface area contributed by atoms with E-state index in [2.05, 4.69) is 19.9 Å². The van der Waals surface area contributed by atoms with Crippen LogP contribution in [0.3, 0.4) is 0 Å². The fourth-order valence-corrected chi connectivity index (χ4v) is 2.96. The fourth-order valence-electron chi connectivity index (χ4n) is 1.64. The van der Waals surface area contributed by atoms with E-state index in [1.54, 1.807) is 6.92 Å². The molecule has 1 unspecified atom stereocenters. The van der Waals surface area contributed by atoms with E-state index >= 15 is 0 Å². The van der Waals surface area contributed by atoms with Gasteiger partial charge in [-0.1, -0.05) is 0 Å². The van der Waals surface area contributed by atoms with Crippen LogP contribution >= 0.6 is 0 Å². The average molecular weight is 292 g/mol. The van der Waals surface area contributed by atoms with Crippen molar-refractivity contribution in [3.8, 4) is 6.07 Å². The van der Waals surface area contributed by atoms with Crippen LogP contribution in [0.1, 0.15) is 24.4 Å². The zero-order chi connectivity index (χ0) is 14.8. The number of sulfonamides is 1. The van der Waals surface area contributed by atoms with Crippen LogP contribution in [0.15, 0.2) is 29.4 Å².